The molecular formula is C14H25NO4. The smallest absolute Gasteiger partial charge is 0.216 e. The first-order chi connectivity index (χ1) is 8.69. The maximum Gasteiger partial charge on any atom is 0.216 e. The largest absolute Gasteiger partial charge is 0.356 e. The summed E-state index contributed by atoms with van der Waals surface area (Å²) in [6.45, 7) is 8.34. The number of Topliss-reactive ketones (excluding diaryl/α,β-unsaturated/α-hetero) is 2. The topological polar surface area (TPSA) is 66.8 Å². The number of ketones is 2. The van der Waals surface area contributed by atoms with Crippen LogP contribution in [0, 0.1) is 5.92 Å². The summed E-state index contributed by atoms with van der Waals surface area (Å²) in [6, 6.07) is 0. The number of aliphatic hydroxyl groups excluding tert-OH is 1. The molecule has 0 aromatic carbocycles. The van der Waals surface area contributed by atoms with Gasteiger partial charge in [-0.2, -0.15) is 0 Å². The van der Waals surface area contributed by atoms with E-state index in [9.17, 15) is 14.7 Å². The lowest BCUT2D eigenvalue weighted by atomic mass is 9.90. The zero-order chi connectivity index (χ0) is 14.6. The second-order valence-corrected chi connectivity index (χ2v) is 6.21. The molecule has 1 heterocycles. The van der Waals surface area contributed by atoms with Gasteiger partial charge in [0.05, 0.1) is 12.0 Å². The van der Waals surface area contributed by atoms with Crippen LogP contribution in [-0.4, -0.2) is 46.7 Å². The van der Waals surface area contributed by atoms with Crippen LogP contribution in [0.2, 0.25) is 0 Å². The van der Waals surface area contributed by atoms with Crippen LogP contribution in [0.25, 0.3) is 0 Å². The van der Waals surface area contributed by atoms with Crippen molar-refractivity contribution in [3.8, 4) is 0 Å². The number of aliphatic hydroxyl groups is 1. The molecule has 0 radical (unpaired) electrons. The van der Waals surface area contributed by atoms with Gasteiger partial charge in [0.15, 0.2) is 0 Å². The molecule has 1 rings (SSSR count). The fourth-order valence-corrected chi connectivity index (χ4v) is 2.22. The van der Waals surface area contributed by atoms with E-state index in [1.807, 2.05) is 25.7 Å². The summed E-state index contributed by atoms with van der Waals surface area (Å²) in [4.78, 5) is 24.5. The van der Waals surface area contributed by atoms with E-state index in [0.717, 1.165) is 0 Å². The summed E-state index contributed by atoms with van der Waals surface area (Å²) in [5.41, 5.74) is -0.402. The maximum absolute atomic E-state index is 11.8. The lowest BCUT2D eigenvalue weighted by molar-refractivity contribution is -0.243. The number of ether oxygens (including phenoxy) is 1. The van der Waals surface area contributed by atoms with E-state index in [1.54, 1.807) is 0 Å². The molecule has 1 aliphatic rings. The van der Waals surface area contributed by atoms with Crippen molar-refractivity contribution < 1.29 is 19.4 Å². The zero-order valence-corrected chi connectivity index (χ0v) is 12.3. The van der Waals surface area contributed by atoms with E-state index in [2.05, 4.69) is 0 Å². The van der Waals surface area contributed by atoms with Gasteiger partial charge in [-0.3, -0.25) is 14.5 Å². The number of carbonyl (C=O) groups excluding carboxylic acids is 2. The number of piperidine rings is 1. The summed E-state index contributed by atoms with van der Waals surface area (Å²) in [5, 5.41) is 9.94. The van der Waals surface area contributed by atoms with E-state index in [1.165, 1.54) is 6.92 Å². The third kappa shape index (κ3) is 5.80. The minimum absolute atomic E-state index is 0.0263. The van der Waals surface area contributed by atoms with Crippen LogP contribution < -0.4 is 0 Å². The van der Waals surface area contributed by atoms with Gasteiger partial charge in [-0.1, -0.05) is 0 Å². The molecule has 1 fully saturated rings. The van der Waals surface area contributed by atoms with Gasteiger partial charge in [-0.25, -0.2) is 0 Å². The van der Waals surface area contributed by atoms with Gasteiger partial charge in [0.2, 0.25) is 6.41 Å². The number of hydrogen-bond donors (Lipinski definition) is 1. The highest BCUT2D eigenvalue weighted by molar-refractivity contribution is 5.99. The fourth-order valence-electron chi connectivity index (χ4n) is 2.22. The molecule has 1 unspecified atom stereocenters. The molecule has 0 amide bonds. The van der Waals surface area contributed by atoms with Gasteiger partial charge < -0.3 is 9.84 Å². The van der Waals surface area contributed by atoms with Crippen molar-refractivity contribution in [1.82, 2.24) is 4.90 Å². The predicted octanol–water partition coefficient (Wildman–Crippen LogP) is 1.34. The third-order valence-corrected chi connectivity index (χ3v) is 3.18. The first-order valence-electron chi connectivity index (χ1n) is 6.81. The molecule has 0 aliphatic carbocycles. The predicted molar refractivity (Wildman–Crippen MR) is 71.4 cm³/mol. The van der Waals surface area contributed by atoms with Gasteiger partial charge in [0.25, 0.3) is 0 Å². The highest BCUT2D eigenvalue weighted by atomic mass is 16.6. The molecule has 0 aromatic rings. The lowest BCUT2D eigenvalue weighted by Gasteiger charge is -2.36. The Labute approximate surface area is 114 Å². The van der Waals surface area contributed by atoms with E-state index < -0.39 is 12.0 Å². The molecule has 5 nitrogen and oxygen atoms in total. The van der Waals surface area contributed by atoms with Crippen LogP contribution in [0.1, 0.15) is 47.0 Å². The van der Waals surface area contributed by atoms with Crippen molar-refractivity contribution in [2.75, 3.05) is 13.1 Å². The minimum atomic E-state index is -0.927. The summed E-state index contributed by atoms with van der Waals surface area (Å²) < 4.78 is 5.48. The second-order valence-electron chi connectivity index (χ2n) is 6.21. The molecule has 0 spiro atoms. The minimum Gasteiger partial charge on any atom is -0.356 e. The van der Waals surface area contributed by atoms with Crippen molar-refractivity contribution in [1.29, 1.82) is 0 Å². The normalized spacial score (nSPS) is 20.3. The number of hydrogen-bond acceptors (Lipinski definition) is 5. The van der Waals surface area contributed by atoms with E-state index in [0.29, 0.717) is 25.9 Å². The Morgan fingerprint density at radius 2 is 1.84 bits per heavy atom. The van der Waals surface area contributed by atoms with Crippen LogP contribution >= 0.6 is 0 Å². The molecule has 1 saturated heterocycles. The van der Waals surface area contributed by atoms with Crippen LogP contribution in [0.5, 0.6) is 0 Å². The SMILES string of the molecule is CC(=O)CC(=O)C1CCN(C(O)OC(C)(C)C)CC1. The van der Waals surface area contributed by atoms with Crippen molar-refractivity contribution >= 4 is 11.6 Å². The Bertz CT molecular complexity index is 327. The zero-order valence-electron chi connectivity index (χ0n) is 12.3. The average Bonchev–Trinajstić information content (AvgIpc) is 2.26. The van der Waals surface area contributed by atoms with E-state index in [-0.39, 0.29) is 23.9 Å². The van der Waals surface area contributed by atoms with Crippen molar-refractivity contribution in [2.24, 2.45) is 5.92 Å². The highest BCUT2D eigenvalue weighted by Crippen LogP contribution is 2.22. The van der Waals surface area contributed by atoms with Gasteiger partial charge in [0, 0.05) is 19.0 Å². The van der Waals surface area contributed by atoms with E-state index in [4.69, 9.17) is 4.74 Å². The van der Waals surface area contributed by atoms with Crippen molar-refractivity contribution in [2.45, 2.75) is 59.0 Å². The quantitative estimate of drug-likeness (QED) is 0.603. The Morgan fingerprint density at radius 1 is 1.32 bits per heavy atom. The first-order valence-corrected chi connectivity index (χ1v) is 6.81. The molecule has 1 aliphatic heterocycles. The monoisotopic (exact) mass is 271 g/mol. The fraction of sp³-hybridized carbons (Fsp3) is 0.857. The molecule has 0 bridgehead atoms. The highest BCUT2D eigenvalue weighted by Gasteiger charge is 2.30. The molecule has 110 valence electrons. The standard InChI is InChI=1S/C14H25NO4/c1-10(16)9-12(17)11-5-7-15(8-6-11)13(18)19-14(2,3)4/h11,13,18H,5-9H2,1-4H3. The van der Waals surface area contributed by atoms with Gasteiger partial charge >= 0.3 is 0 Å². The first kappa shape index (κ1) is 16.3. The van der Waals surface area contributed by atoms with Crippen molar-refractivity contribution in [3.63, 3.8) is 0 Å². The van der Waals surface area contributed by atoms with Crippen LogP contribution in [0.3, 0.4) is 0 Å². The number of likely N-dealkylation sites (tertiary alicyclic amines) is 1. The van der Waals surface area contributed by atoms with E-state index >= 15 is 0 Å². The average molecular weight is 271 g/mol. The summed E-state index contributed by atoms with van der Waals surface area (Å²) in [5.74, 6) is -0.108. The molecule has 5 heteroatoms. The number of carbonyl (C=O) groups is 2. The Morgan fingerprint density at radius 3 is 2.26 bits per heavy atom. The van der Waals surface area contributed by atoms with Gasteiger partial charge in [-0.05, 0) is 40.5 Å². The number of rotatable bonds is 5. The molecule has 19 heavy (non-hydrogen) atoms. The third-order valence-electron chi connectivity index (χ3n) is 3.18. The second kappa shape index (κ2) is 6.59. The van der Waals surface area contributed by atoms with Gasteiger partial charge in [-0.15, -0.1) is 0 Å². The number of nitrogens with zero attached hydrogens (tertiary/aromatic N) is 1. The Balaban J connectivity index is 2.40. The molecule has 1 N–H and O–H groups in total. The van der Waals surface area contributed by atoms with Crippen molar-refractivity contribution in [3.05, 3.63) is 0 Å². The summed E-state index contributed by atoms with van der Waals surface area (Å²) >= 11 is 0. The maximum atomic E-state index is 11.8. The molecule has 0 saturated carbocycles. The summed E-state index contributed by atoms with van der Waals surface area (Å²) in [7, 11) is 0. The molecular weight excluding hydrogens is 246 g/mol. The molecule has 1 atom stereocenters. The lowest BCUT2D eigenvalue weighted by Crippen LogP contribution is -2.46. The Hall–Kier alpha value is -0.780. The van der Waals surface area contributed by atoms with Crippen LogP contribution in [-0.2, 0) is 14.3 Å². The summed E-state index contributed by atoms with van der Waals surface area (Å²) in [6.07, 6.45) is 0.461. The van der Waals surface area contributed by atoms with Crippen LogP contribution in [0.4, 0.5) is 0 Å². The Kier molecular flexibility index (Phi) is 5.64. The van der Waals surface area contributed by atoms with Crippen LogP contribution in [0.15, 0.2) is 0 Å². The van der Waals surface area contributed by atoms with Gasteiger partial charge in [0.1, 0.15) is 11.6 Å². The molecule has 0 aromatic heterocycles.